The van der Waals surface area contributed by atoms with Crippen LogP contribution >= 0.6 is 11.6 Å². The number of benzene rings is 1. The fourth-order valence-corrected chi connectivity index (χ4v) is 1.46. The van der Waals surface area contributed by atoms with Gasteiger partial charge in [0.05, 0.1) is 11.6 Å². The minimum atomic E-state index is -0.401. The third kappa shape index (κ3) is 2.50. The zero-order valence-corrected chi connectivity index (χ0v) is 8.68. The third-order valence-electron chi connectivity index (χ3n) is 2.06. The Hall–Kier alpha value is -1.48. The van der Waals surface area contributed by atoms with Crippen molar-refractivity contribution < 1.29 is 4.39 Å². The number of H-pyrrole nitrogens is 1. The first-order chi connectivity index (χ1) is 7.25. The molecule has 0 spiro atoms. The molecule has 0 aliphatic rings. The van der Waals surface area contributed by atoms with Gasteiger partial charge in [0.2, 0.25) is 0 Å². The minimum Gasteiger partial charge on any atom is -0.379 e. The van der Waals surface area contributed by atoms with Crippen LogP contribution < -0.4 is 5.32 Å². The molecule has 0 aliphatic heterocycles. The number of hydrogen-bond acceptors (Lipinski definition) is 1. The Bertz CT molecular complexity index is 440. The summed E-state index contributed by atoms with van der Waals surface area (Å²) in [4.78, 5) is 3.06. The van der Waals surface area contributed by atoms with E-state index in [-0.39, 0.29) is 5.02 Å². The number of nitrogens with one attached hydrogen (secondary N) is 2. The molecular formula is C11H10ClFN2. The zero-order chi connectivity index (χ0) is 10.7. The second-order valence-electron chi connectivity index (χ2n) is 3.18. The first-order valence-electron chi connectivity index (χ1n) is 4.57. The number of anilines is 1. The van der Waals surface area contributed by atoms with Crippen LogP contribution in [0.1, 0.15) is 5.69 Å². The molecule has 15 heavy (non-hydrogen) atoms. The molecule has 2 aromatic rings. The van der Waals surface area contributed by atoms with Crippen LogP contribution in [0.15, 0.2) is 36.5 Å². The Labute approximate surface area is 92.1 Å². The molecule has 0 radical (unpaired) electrons. The van der Waals surface area contributed by atoms with E-state index < -0.39 is 5.82 Å². The molecule has 2 nitrogen and oxygen atoms in total. The maximum atomic E-state index is 12.8. The maximum Gasteiger partial charge on any atom is 0.141 e. The van der Waals surface area contributed by atoms with Crippen molar-refractivity contribution >= 4 is 17.3 Å². The highest BCUT2D eigenvalue weighted by Gasteiger charge is 2.00. The second-order valence-corrected chi connectivity index (χ2v) is 3.59. The van der Waals surface area contributed by atoms with Gasteiger partial charge in [0, 0.05) is 17.6 Å². The molecule has 0 aliphatic carbocycles. The molecule has 4 heteroatoms. The average molecular weight is 225 g/mol. The van der Waals surface area contributed by atoms with Crippen molar-refractivity contribution in [1.82, 2.24) is 4.98 Å². The quantitative estimate of drug-likeness (QED) is 0.822. The lowest BCUT2D eigenvalue weighted by molar-refractivity contribution is 0.628. The third-order valence-corrected chi connectivity index (χ3v) is 2.35. The molecule has 1 heterocycles. The highest BCUT2D eigenvalue weighted by atomic mass is 35.5. The van der Waals surface area contributed by atoms with Crippen LogP contribution in [-0.2, 0) is 6.54 Å². The lowest BCUT2D eigenvalue weighted by atomic mass is 10.3. The predicted molar refractivity (Wildman–Crippen MR) is 59.5 cm³/mol. The van der Waals surface area contributed by atoms with Gasteiger partial charge in [-0.25, -0.2) is 4.39 Å². The fraction of sp³-hybridized carbons (Fsp3) is 0.0909. The SMILES string of the molecule is Fc1ccc(NCc2ccc[nH]2)cc1Cl. The molecule has 2 rings (SSSR count). The van der Waals surface area contributed by atoms with Gasteiger partial charge in [0.25, 0.3) is 0 Å². The van der Waals surface area contributed by atoms with Gasteiger partial charge in [-0.3, -0.25) is 0 Å². The summed E-state index contributed by atoms with van der Waals surface area (Å²) in [5.74, 6) is -0.401. The molecule has 0 fully saturated rings. The van der Waals surface area contributed by atoms with Crippen LogP contribution in [0.5, 0.6) is 0 Å². The monoisotopic (exact) mass is 224 g/mol. The average Bonchev–Trinajstić information content (AvgIpc) is 2.73. The van der Waals surface area contributed by atoms with Crippen molar-refractivity contribution in [3.05, 3.63) is 53.1 Å². The zero-order valence-electron chi connectivity index (χ0n) is 7.93. The first kappa shape index (κ1) is 10.1. The Morgan fingerprint density at radius 2 is 2.20 bits per heavy atom. The predicted octanol–water partition coefficient (Wildman–Crippen LogP) is 3.42. The molecule has 2 N–H and O–H groups in total. The van der Waals surface area contributed by atoms with Crippen LogP contribution in [0.4, 0.5) is 10.1 Å². The van der Waals surface area contributed by atoms with Gasteiger partial charge < -0.3 is 10.3 Å². The normalized spacial score (nSPS) is 10.3. The van der Waals surface area contributed by atoms with Gasteiger partial charge >= 0.3 is 0 Å². The van der Waals surface area contributed by atoms with Crippen LogP contribution in [-0.4, -0.2) is 4.98 Å². The highest BCUT2D eigenvalue weighted by molar-refractivity contribution is 6.31. The van der Waals surface area contributed by atoms with E-state index in [1.807, 2.05) is 18.3 Å². The molecule has 78 valence electrons. The topological polar surface area (TPSA) is 27.8 Å². The number of aromatic amines is 1. The Morgan fingerprint density at radius 3 is 2.87 bits per heavy atom. The standard InChI is InChI=1S/C11H10ClFN2/c12-10-6-8(3-4-11(10)13)15-7-9-2-1-5-14-9/h1-6,14-15H,7H2. The summed E-state index contributed by atoms with van der Waals surface area (Å²) >= 11 is 5.65. The number of aromatic nitrogens is 1. The van der Waals surface area contributed by atoms with Crippen molar-refractivity contribution in [3.8, 4) is 0 Å². The Balaban J connectivity index is 2.02. The van der Waals surface area contributed by atoms with Crippen molar-refractivity contribution in [1.29, 1.82) is 0 Å². The van der Waals surface area contributed by atoms with Gasteiger partial charge in [-0.15, -0.1) is 0 Å². The van der Waals surface area contributed by atoms with Gasteiger partial charge in [-0.2, -0.15) is 0 Å². The molecule has 0 saturated carbocycles. The Kier molecular flexibility index (Phi) is 2.92. The van der Waals surface area contributed by atoms with Crippen LogP contribution in [0.25, 0.3) is 0 Å². The minimum absolute atomic E-state index is 0.131. The van der Waals surface area contributed by atoms with Crippen molar-refractivity contribution in [3.63, 3.8) is 0 Å². The summed E-state index contributed by atoms with van der Waals surface area (Å²) < 4.78 is 12.8. The van der Waals surface area contributed by atoms with Gasteiger partial charge in [-0.1, -0.05) is 11.6 Å². The van der Waals surface area contributed by atoms with Crippen molar-refractivity contribution in [2.24, 2.45) is 0 Å². The van der Waals surface area contributed by atoms with Gasteiger partial charge in [0.15, 0.2) is 0 Å². The highest BCUT2D eigenvalue weighted by Crippen LogP contribution is 2.19. The van der Waals surface area contributed by atoms with Crippen molar-refractivity contribution in [2.45, 2.75) is 6.54 Å². The van der Waals surface area contributed by atoms with E-state index in [0.717, 1.165) is 11.4 Å². The molecule has 0 saturated heterocycles. The summed E-state index contributed by atoms with van der Waals surface area (Å²) in [5, 5.41) is 3.26. The first-order valence-corrected chi connectivity index (χ1v) is 4.95. The Morgan fingerprint density at radius 1 is 1.33 bits per heavy atom. The molecule has 0 bridgehead atoms. The lowest BCUT2D eigenvalue weighted by Gasteiger charge is -2.05. The smallest absolute Gasteiger partial charge is 0.141 e. The second kappa shape index (κ2) is 4.36. The summed E-state index contributed by atoms with van der Waals surface area (Å²) in [7, 11) is 0. The van der Waals surface area contributed by atoms with Gasteiger partial charge in [-0.05, 0) is 30.3 Å². The summed E-state index contributed by atoms with van der Waals surface area (Å²) in [5.41, 5.74) is 1.87. The van der Waals surface area contributed by atoms with Crippen LogP contribution in [0, 0.1) is 5.82 Å². The number of hydrogen-bond donors (Lipinski definition) is 2. The van der Waals surface area contributed by atoms with E-state index in [9.17, 15) is 4.39 Å². The lowest BCUT2D eigenvalue weighted by Crippen LogP contribution is -1.99. The number of halogens is 2. The summed E-state index contributed by atoms with van der Waals surface area (Å²) in [6.45, 7) is 0.662. The molecule has 0 atom stereocenters. The molecule has 1 aromatic heterocycles. The largest absolute Gasteiger partial charge is 0.379 e. The molecule has 1 aromatic carbocycles. The molecule has 0 amide bonds. The van der Waals surface area contributed by atoms with Crippen LogP contribution in [0.3, 0.4) is 0 Å². The molecule has 0 unspecified atom stereocenters. The van der Waals surface area contributed by atoms with E-state index >= 15 is 0 Å². The fourth-order valence-electron chi connectivity index (χ4n) is 1.28. The van der Waals surface area contributed by atoms with Crippen LogP contribution in [0.2, 0.25) is 5.02 Å². The van der Waals surface area contributed by atoms with E-state index in [0.29, 0.717) is 6.54 Å². The van der Waals surface area contributed by atoms with E-state index in [1.165, 1.54) is 6.07 Å². The summed E-state index contributed by atoms with van der Waals surface area (Å²) in [6, 6.07) is 8.47. The van der Waals surface area contributed by atoms with Gasteiger partial charge in [0.1, 0.15) is 5.82 Å². The molecular weight excluding hydrogens is 215 g/mol. The van der Waals surface area contributed by atoms with E-state index in [1.54, 1.807) is 12.1 Å². The van der Waals surface area contributed by atoms with E-state index in [2.05, 4.69) is 10.3 Å². The number of rotatable bonds is 3. The van der Waals surface area contributed by atoms with Crippen molar-refractivity contribution in [2.75, 3.05) is 5.32 Å². The maximum absolute atomic E-state index is 12.8. The summed E-state index contributed by atoms with van der Waals surface area (Å²) in [6.07, 6.45) is 1.86. The van der Waals surface area contributed by atoms with E-state index in [4.69, 9.17) is 11.6 Å².